The molecule has 0 aromatic carbocycles. The SMILES string of the molecule is CSCC(=O)CCCOCCOCC(=O)C(C)C. The molecule has 0 saturated heterocycles. The lowest BCUT2D eigenvalue weighted by Gasteiger charge is -2.06. The Balaban J connectivity index is 3.21. The number of carbonyl (C=O) groups is 2. The van der Waals surface area contributed by atoms with E-state index >= 15 is 0 Å². The van der Waals surface area contributed by atoms with E-state index in [9.17, 15) is 9.59 Å². The lowest BCUT2D eigenvalue weighted by molar-refractivity contribution is -0.127. The summed E-state index contributed by atoms with van der Waals surface area (Å²) in [5.41, 5.74) is 0. The standard InChI is InChI=1S/C13H24O4S/c1-11(2)13(15)9-17-8-7-16-6-4-5-12(14)10-18-3/h11H,4-10H2,1-3H3. The quantitative estimate of drug-likeness (QED) is 0.510. The van der Waals surface area contributed by atoms with E-state index in [4.69, 9.17) is 9.47 Å². The summed E-state index contributed by atoms with van der Waals surface area (Å²) in [6.07, 6.45) is 3.25. The molecule has 0 amide bonds. The average molecular weight is 276 g/mol. The zero-order chi connectivity index (χ0) is 13.8. The third-order valence-corrected chi connectivity index (χ3v) is 2.92. The molecular weight excluding hydrogens is 252 g/mol. The van der Waals surface area contributed by atoms with Gasteiger partial charge in [0, 0.05) is 18.9 Å². The van der Waals surface area contributed by atoms with Crippen LogP contribution < -0.4 is 0 Å². The maximum atomic E-state index is 11.2. The van der Waals surface area contributed by atoms with Crippen LogP contribution in [0.25, 0.3) is 0 Å². The highest BCUT2D eigenvalue weighted by atomic mass is 32.2. The molecule has 4 nitrogen and oxygen atoms in total. The van der Waals surface area contributed by atoms with Crippen molar-refractivity contribution in [3.63, 3.8) is 0 Å². The van der Waals surface area contributed by atoms with Gasteiger partial charge in [-0.05, 0) is 12.7 Å². The van der Waals surface area contributed by atoms with Crippen LogP contribution in [0.4, 0.5) is 0 Å². The van der Waals surface area contributed by atoms with Gasteiger partial charge >= 0.3 is 0 Å². The number of ketones is 2. The van der Waals surface area contributed by atoms with E-state index in [2.05, 4.69) is 0 Å². The van der Waals surface area contributed by atoms with Crippen LogP contribution in [-0.2, 0) is 19.1 Å². The first-order valence-electron chi connectivity index (χ1n) is 6.26. The van der Waals surface area contributed by atoms with Crippen LogP contribution >= 0.6 is 11.8 Å². The fourth-order valence-corrected chi connectivity index (χ4v) is 1.63. The van der Waals surface area contributed by atoms with Gasteiger partial charge in [-0.2, -0.15) is 11.8 Å². The zero-order valence-electron chi connectivity index (χ0n) is 11.6. The van der Waals surface area contributed by atoms with Crippen molar-refractivity contribution in [1.82, 2.24) is 0 Å². The van der Waals surface area contributed by atoms with Crippen molar-refractivity contribution in [1.29, 1.82) is 0 Å². The number of rotatable bonds is 12. The third kappa shape index (κ3) is 10.7. The minimum Gasteiger partial charge on any atom is -0.379 e. The van der Waals surface area contributed by atoms with Crippen LogP contribution in [-0.4, -0.2) is 50.0 Å². The third-order valence-electron chi connectivity index (χ3n) is 2.31. The number of carbonyl (C=O) groups excluding carboxylic acids is 2. The summed E-state index contributed by atoms with van der Waals surface area (Å²) in [6.45, 7) is 5.34. The van der Waals surface area contributed by atoms with Gasteiger partial charge < -0.3 is 9.47 Å². The molecule has 0 unspecified atom stereocenters. The highest BCUT2D eigenvalue weighted by Crippen LogP contribution is 1.99. The Labute approximate surface area is 114 Å². The first-order chi connectivity index (χ1) is 8.57. The molecule has 0 N–H and O–H groups in total. The summed E-state index contributed by atoms with van der Waals surface area (Å²) in [5, 5.41) is 0. The molecule has 0 aliphatic heterocycles. The van der Waals surface area contributed by atoms with E-state index in [1.807, 2.05) is 20.1 Å². The summed E-state index contributed by atoms with van der Waals surface area (Å²) in [4.78, 5) is 22.4. The van der Waals surface area contributed by atoms with Crippen molar-refractivity contribution in [2.24, 2.45) is 5.92 Å². The first-order valence-corrected chi connectivity index (χ1v) is 7.66. The van der Waals surface area contributed by atoms with Crippen LogP contribution in [0.1, 0.15) is 26.7 Å². The maximum absolute atomic E-state index is 11.2. The highest BCUT2D eigenvalue weighted by Gasteiger charge is 2.06. The predicted octanol–water partition coefficient (Wildman–Crippen LogP) is 1.96. The van der Waals surface area contributed by atoms with E-state index in [1.165, 1.54) is 0 Å². The number of ether oxygens (including phenoxy) is 2. The van der Waals surface area contributed by atoms with Gasteiger partial charge in [0.2, 0.25) is 0 Å². The molecule has 106 valence electrons. The molecule has 0 saturated carbocycles. The molecule has 0 rings (SSSR count). The van der Waals surface area contributed by atoms with E-state index in [1.54, 1.807) is 11.8 Å². The molecule has 0 atom stereocenters. The summed E-state index contributed by atoms with van der Waals surface area (Å²) in [5.74, 6) is 0.983. The molecular formula is C13H24O4S. The van der Waals surface area contributed by atoms with Gasteiger partial charge in [0.1, 0.15) is 12.4 Å². The molecule has 0 fully saturated rings. The smallest absolute Gasteiger partial charge is 0.160 e. The first kappa shape index (κ1) is 17.6. The van der Waals surface area contributed by atoms with Gasteiger partial charge in [-0.25, -0.2) is 0 Å². The zero-order valence-corrected chi connectivity index (χ0v) is 12.4. The largest absolute Gasteiger partial charge is 0.379 e. The van der Waals surface area contributed by atoms with E-state index in [-0.39, 0.29) is 24.1 Å². The number of Topliss-reactive ketones (excluding diaryl/α,β-unsaturated/α-hetero) is 2. The van der Waals surface area contributed by atoms with Crippen LogP contribution in [0.5, 0.6) is 0 Å². The fourth-order valence-electron chi connectivity index (χ4n) is 1.16. The van der Waals surface area contributed by atoms with Crippen LogP contribution in [0.3, 0.4) is 0 Å². The van der Waals surface area contributed by atoms with Gasteiger partial charge in [0.05, 0.1) is 19.0 Å². The lowest BCUT2D eigenvalue weighted by atomic mass is 10.1. The van der Waals surface area contributed by atoms with Crippen molar-refractivity contribution >= 4 is 23.3 Å². The Morgan fingerprint density at radius 3 is 2.39 bits per heavy atom. The molecule has 0 bridgehead atoms. The summed E-state index contributed by atoms with van der Waals surface area (Å²) in [6, 6.07) is 0. The highest BCUT2D eigenvalue weighted by molar-refractivity contribution is 7.99. The molecule has 0 heterocycles. The molecule has 18 heavy (non-hydrogen) atoms. The Bertz CT molecular complexity index is 241. The summed E-state index contributed by atoms with van der Waals surface area (Å²) >= 11 is 1.55. The van der Waals surface area contributed by atoms with Gasteiger partial charge in [0.25, 0.3) is 0 Å². The Kier molecular flexibility index (Phi) is 11.4. The lowest BCUT2D eigenvalue weighted by Crippen LogP contribution is -2.17. The van der Waals surface area contributed by atoms with Crippen LogP contribution in [0, 0.1) is 5.92 Å². The normalized spacial score (nSPS) is 10.9. The van der Waals surface area contributed by atoms with Crippen molar-refractivity contribution in [2.45, 2.75) is 26.7 Å². The van der Waals surface area contributed by atoms with E-state index < -0.39 is 0 Å². The number of hydrogen-bond acceptors (Lipinski definition) is 5. The molecule has 5 heteroatoms. The van der Waals surface area contributed by atoms with Gasteiger partial charge in [-0.1, -0.05) is 13.8 Å². The average Bonchev–Trinajstić information content (AvgIpc) is 2.32. The molecule has 0 aliphatic carbocycles. The van der Waals surface area contributed by atoms with E-state index in [0.717, 1.165) is 6.42 Å². The Hall–Kier alpha value is -0.390. The monoisotopic (exact) mass is 276 g/mol. The van der Waals surface area contributed by atoms with Crippen LogP contribution in [0.2, 0.25) is 0 Å². The van der Waals surface area contributed by atoms with Crippen molar-refractivity contribution < 1.29 is 19.1 Å². The molecule has 0 aromatic heterocycles. The van der Waals surface area contributed by atoms with E-state index in [0.29, 0.717) is 32.0 Å². The minimum absolute atomic E-state index is 0.0216. The predicted molar refractivity (Wildman–Crippen MR) is 74.1 cm³/mol. The summed E-state index contributed by atoms with van der Waals surface area (Å²) < 4.78 is 10.5. The molecule has 0 radical (unpaired) electrons. The molecule has 0 aliphatic rings. The van der Waals surface area contributed by atoms with Gasteiger partial charge in [-0.15, -0.1) is 0 Å². The second-order valence-electron chi connectivity index (χ2n) is 4.36. The Morgan fingerprint density at radius 2 is 1.78 bits per heavy atom. The second kappa shape index (κ2) is 11.7. The van der Waals surface area contributed by atoms with Gasteiger partial charge in [-0.3, -0.25) is 9.59 Å². The van der Waals surface area contributed by atoms with Crippen molar-refractivity contribution in [3.8, 4) is 0 Å². The molecule has 0 aromatic rings. The van der Waals surface area contributed by atoms with Gasteiger partial charge in [0.15, 0.2) is 5.78 Å². The minimum atomic E-state index is 0.0216. The molecule has 0 spiro atoms. The van der Waals surface area contributed by atoms with Crippen molar-refractivity contribution in [3.05, 3.63) is 0 Å². The Morgan fingerprint density at radius 1 is 1.11 bits per heavy atom. The second-order valence-corrected chi connectivity index (χ2v) is 5.23. The fraction of sp³-hybridized carbons (Fsp3) is 0.846. The van der Waals surface area contributed by atoms with Crippen molar-refractivity contribution in [2.75, 3.05) is 38.4 Å². The van der Waals surface area contributed by atoms with Crippen LogP contribution in [0.15, 0.2) is 0 Å². The topological polar surface area (TPSA) is 52.6 Å². The maximum Gasteiger partial charge on any atom is 0.160 e. The summed E-state index contributed by atoms with van der Waals surface area (Å²) in [7, 11) is 0. The number of thioether (sulfide) groups is 1. The number of hydrogen-bond donors (Lipinski definition) is 0.